The lowest BCUT2D eigenvalue weighted by Crippen LogP contribution is -2.49. The van der Waals surface area contributed by atoms with Crippen molar-refractivity contribution in [2.45, 2.75) is 0 Å². The Balaban J connectivity index is 1.35. The number of halogens is 2. The van der Waals surface area contributed by atoms with Crippen LogP contribution in [-0.2, 0) is 0 Å². The maximum atomic E-state index is 13.1. The number of carbonyl (C=O) groups is 1. The minimum Gasteiger partial charge on any atom is -0.353 e. The van der Waals surface area contributed by atoms with E-state index >= 15 is 0 Å². The molecule has 8 heteroatoms. The van der Waals surface area contributed by atoms with Crippen molar-refractivity contribution in [2.75, 3.05) is 31.1 Å². The molecule has 0 unspecified atom stereocenters. The lowest BCUT2D eigenvalue weighted by atomic mass is 10.1. The number of hydrogen-bond acceptors (Lipinski definition) is 4. The van der Waals surface area contributed by atoms with Gasteiger partial charge in [-0.15, -0.1) is 0 Å². The summed E-state index contributed by atoms with van der Waals surface area (Å²) in [6.45, 7) is 2.49. The number of amides is 1. The second-order valence-corrected chi connectivity index (χ2v) is 9.78. The number of benzene rings is 3. The topological polar surface area (TPSA) is 53.7 Å². The Kier molecular flexibility index (Phi) is 6.28. The predicted molar refractivity (Wildman–Crippen MR) is 148 cm³/mol. The van der Waals surface area contributed by atoms with Gasteiger partial charge in [-0.3, -0.25) is 4.79 Å². The van der Waals surface area contributed by atoms with Crippen LogP contribution in [0.1, 0.15) is 10.4 Å². The van der Waals surface area contributed by atoms with Crippen LogP contribution >= 0.6 is 23.2 Å². The molecule has 1 amide bonds. The molecule has 5 aromatic rings. The number of piperazine rings is 1. The third-order valence-electron chi connectivity index (χ3n) is 6.59. The highest BCUT2D eigenvalue weighted by atomic mass is 35.5. The fourth-order valence-corrected chi connectivity index (χ4v) is 5.08. The van der Waals surface area contributed by atoms with E-state index in [0.29, 0.717) is 41.8 Å². The van der Waals surface area contributed by atoms with Gasteiger partial charge in [0.1, 0.15) is 5.82 Å². The van der Waals surface area contributed by atoms with Gasteiger partial charge in [0, 0.05) is 54.5 Å². The average molecular weight is 528 g/mol. The van der Waals surface area contributed by atoms with Crippen LogP contribution in [0.3, 0.4) is 0 Å². The van der Waals surface area contributed by atoms with E-state index < -0.39 is 0 Å². The number of rotatable bonds is 4. The molecule has 6 nitrogen and oxygen atoms in total. The monoisotopic (exact) mass is 527 g/mol. The Labute approximate surface area is 224 Å². The summed E-state index contributed by atoms with van der Waals surface area (Å²) in [5, 5.41) is 6.04. The summed E-state index contributed by atoms with van der Waals surface area (Å²) in [5.74, 6) is 0.888. The van der Waals surface area contributed by atoms with Gasteiger partial charge < -0.3 is 9.80 Å². The predicted octanol–water partition coefficient (Wildman–Crippen LogP) is 6.33. The normalized spacial score (nSPS) is 13.8. The lowest BCUT2D eigenvalue weighted by Gasteiger charge is -2.36. The molecule has 0 bridgehead atoms. The first-order valence-electron chi connectivity index (χ1n) is 12.1. The van der Waals surface area contributed by atoms with Crippen molar-refractivity contribution < 1.29 is 4.79 Å². The maximum Gasteiger partial charge on any atom is 0.255 e. The molecule has 1 aliphatic heterocycles. The number of fused-ring (bicyclic) bond motifs is 1. The fourth-order valence-electron chi connectivity index (χ4n) is 4.67. The van der Waals surface area contributed by atoms with Gasteiger partial charge in [0.15, 0.2) is 5.65 Å². The standard InChI is InChI=1S/C29H23Cl2N5O/c30-22-10-6-9-21(17-22)26-18-27-32-25(20-7-2-1-3-8-20)19-28(36(27)33-26)34-13-15-35(16-14-34)29(37)23-11-4-5-12-24(23)31/h1-12,17-19H,13-16H2. The Morgan fingerprint density at radius 3 is 2.22 bits per heavy atom. The van der Waals surface area contributed by atoms with Crippen molar-refractivity contribution in [2.24, 2.45) is 0 Å². The van der Waals surface area contributed by atoms with Crippen molar-refractivity contribution >= 4 is 40.6 Å². The molecule has 0 saturated carbocycles. The summed E-state index contributed by atoms with van der Waals surface area (Å²) in [6.07, 6.45) is 0. The molecule has 37 heavy (non-hydrogen) atoms. The van der Waals surface area contributed by atoms with E-state index in [2.05, 4.69) is 23.1 Å². The summed E-state index contributed by atoms with van der Waals surface area (Å²) in [7, 11) is 0. The van der Waals surface area contributed by atoms with Gasteiger partial charge in [-0.2, -0.15) is 9.61 Å². The smallest absolute Gasteiger partial charge is 0.255 e. The van der Waals surface area contributed by atoms with Gasteiger partial charge in [-0.05, 0) is 24.3 Å². The molecule has 1 fully saturated rings. The van der Waals surface area contributed by atoms with Crippen LogP contribution in [0.4, 0.5) is 5.82 Å². The van der Waals surface area contributed by atoms with Crippen molar-refractivity contribution in [3.05, 3.63) is 107 Å². The number of carbonyl (C=O) groups excluding carboxylic acids is 1. The Morgan fingerprint density at radius 1 is 0.730 bits per heavy atom. The highest BCUT2D eigenvalue weighted by Crippen LogP contribution is 2.29. The van der Waals surface area contributed by atoms with Crippen LogP contribution in [0.5, 0.6) is 0 Å². The van der Waals surface area contributed by atoms with E-state index in [1.165, 1.54) is 0 Å². The zero-order chi connectivity index (χ0) is 25.4. The Hall–Kier alpha value is -3.87. The molecular formula is C29H23Cl2N5O. The summed E-state index contributed by atoms with van der Waals surface area (Å²) in [5.41, 5.74) is 4.92. The van der Waals surface area contributed by atoms with Gasteiger partial charge >= 0.3 is 0 Å². The van der Waals surface area contributed by atoms with E-state index in [1.54, 1.807) is 12.1 Å². The molecule has 2 aromatic heterocycles. The number of hydrogen-bond donors (Lipinski definition) is 0. The van der Waals surface area contributed by atoms with Crippen LogP contribution in [0, 0.1) is 0 Å². The van der Waals surface area contributed by atoms with Gasteiger partial charge in [0.2, 0.25) is 0 Å². The van der Waals surface area contributed by atoms with Crippen molar-refractivity contribution in [1.29, 1.82) is 0 Å². The van der Waals surface area contributed by atoms with Gasteiger partial charge in [0.05, 0.1) is 22.0 Å². The average Bonchev–Trinajstić information content (AvgIpc) is 3.38. The fraction of sp³-hybridized carbons (Fsp3) is 0.138. The molecule has 0 atom stereocenters. The molecule has 0 aliphatic carbocycles. The van der Waals surface area contributed by atoms with Gasteiger partial charge in [-0.1, -0.05) is 77.8 Å². The lowest BCUT2D eigenvalue weighted by molar-refractivity contribution is 0.0746. The first kappa shape index (κ1) is 23.5. The number of aromatic nitrogens is 3. The molecule has 1 saturated heterocycles. The van der Waals surface area contributed by atoms with E-state index in [4.69, 9.17) is 33.3 Å². The zero-order valence-electron chi connectivity index (χ0n) is 19.9. The van der Waals surface area contributed by atoms with Gasteiger partial charge in [-0.25, -0.2) is 4.98 Å². The molecule has 184 valence electrons. The largest absolute Gasteiger partial charge is 0.353 e. The first-order valence-corrected chi connectivity index (χ1v) is 12.8. The third kappa shape index (κ3) is 4.66. The number of anilines is 1. The minimum absolute atomic E-state index is 0.0440. The quantitative estimate of drug-likeness (QED) is 0.274. The minimum atomic E-state index is -0.0440. The first-order chi connectivity index (χ1) is 18.1. The third-order valence-corrected chi connectivity index (χ3v) is 7.16. The van der Waals surface area contributed by atoms with Crippen LogP contribution in [0.25, 0.3) is 28.2 Å². The molecule has 0 radical (unpaired) electrons. The summed E-state index contributed by atoms with van der Waals surface area (Å²) in [6, 6.07) is 29.0. The van der Waals surface area contributed by atoms with E-state index in [9.17, 15) is 4.79 Å². The van der Waals surface area contributed by atoms with Crippen LogP contribution in [0.2, 0.25) is 10.0 Å². The van der Waals surface area contributed by atoms with Gasteiger partial charge in [0.25, 0.3) is 5.91 Å². The SMILES string of the molecule is O=C(c1ccccc1Cl)N1CCN(c2cc(-c3ccccc3)nc3cc(-c4cccc(Cl)c4)nn23)CC1. The molecular weight excluding hydrogens is 505 g/mol. The van der Waals surface area contributed by atoms with E-state index in [1.807, 2.05) is 70.1 Å². The highest BCUT2D eigenvalue weighted by molar-refractivity contribution is 6.33. The highest BCUT2D eigenvalue weighted by Gasteiger charge is 2.26. The second kappa shape index (κ2) is 9.88. The van der Waals surface area contributed by atoms with Crippen LogP contribution in [0.15, 0.2) is 91.0 Å². The van der Waals surface area contributed by atoms with E-state index in [-0.39, 0.29) is 5.91 Å². The molecule has 1 aliphatic rings. The molecule has 0 N–H and O–H groups in total. The maximum absolute atomic E-state index is 13.1. The van der Waals surface area contributed by atoms with Crippen molar-refractivity contribution in [3.8, 4) is 22.5 Å². The Bertz CT molecular complexity index is 1590. The molecule has 3 heterocycles. The van der Waals surface area contributed by atoms with Crippen molar-refractivity contribution in [3.63, 3.8) is 0 Å². The summed E-state index contributed by atoms with van der Waals surface area (Å²) < 4.78 is 1.88. The second-order valence-electron chi connectivity index (χ2n) is 8.93. The molecule has 6 rings (SSSR count). The summed E-state index contributed by atoms with van der Waals surface area (Å²) in [4.78, 5) is 22.1. The summed E-state index contributed by atoms with van der Waals surface area (Å²) >= 11 is 12.5. The molecule has 3 aromatic carbocycles. The van der Waals surface area contributed by atoms with Crippen LogP contribution in [-0.4, -0.2) is 51.6 Å². The van der Waals surface area contributed by atoms with E-state index in [0.717, 1.165) is 34.0 Å². The number of nitrogens with zero attached hydrogens (tertiary/aromatic N) is 5. The van der Waals surface area contributed by atoms with Crippen LogP contribution < -0.4 is 4.90 Å². The molecule has 0 spiro atoms. The zero-order valence-corrected chi connectivity index (χ0v) is 21.4. The van der Waals surface area contributed by atoms with Crippen molar-refractivity contribution in [1.82, 2.24) is 19.5 Å². The Morgan fingerprint density at radius 2 is 1.46 bits per heavy atom.